The van der Waals surface area contributed by atoms with Crippen LogP contribution < -0.4 is 0 Å². The van der Waals surface area contributed by atoms with Gasteiger partial charge in [0.05, 0.1) is 13.2 Å². The number of amides is 1. The number of para-hydroxylation sites is 1. The van der Waals surface area contributed by atoms with Crippen LogP contribution >= 0.6 is 11.6 Å². The van der Waals surface area contributed by atoms with E-state index in [4.69, 9.17) is 16.3 Å². The van der Waals surface area contributed by atoms with Gasteiger partial charge in [0.25, 0.3) is 0 Å². The molecule has 1 unspecified atom stereocenters. The normalized spacial score (nSPS) is 18.8. The molecule has 4 rings (SSSR count). The number of fused-ring (bicyclic) bond motifs is 3. The van der Waals surface area contributed by atoms with Crippen molar-refractivity contribution in [1.82, 2.24) is 9.88 Å². The van der Waals surface area contributed by atoms with Gasteiger partial charge in [-0.1, -0.05) is 42.5 Å². The molecule has 3 aromatic rings. The van der Waals surface area contributed by atoms with Gasteiger partial charge in [0.2, 0.25) is 5.91 Å². The molecule has 0 fully saturated rings. The highest BCUT2D eigenvalue weighted by Gasteiger charge is 2.44. The van der Waals surface area contributed by atoms with E-state index >= 15 is 0 Å². The molecule has 2 atom stereocenters. The maximum atomic E-state index is 12.9. The van der Waals surface area contributed by atoms with E-state index in [0.717, 1.165) is 33.3 Å². The maximum Gasteiger partial charge on any atom is 0.328 e. The monoisotopic (exact) mass is 396 g/mol. The van der Waals surface area contributed by atoms with Crippen LogP contribution in [0.2, 0.25) is 0 Å². The first-order valence-corrected chi connectivity index (χ1v) is 9.70. The van der Waals surface area contributed by atoms with E-state index in [1.165, 1.54) is 7.11 Å². The van der Waals surface area contributed by atoms with E-state index in [9.17, 15) is 9.59 Å². The molecule has 0 saturated heterocycles. The van der Waals surface area contributed by atoms with Gasteiger partial charge in [-0.3, -0.25) is 4.79 Å². The number of nitrogens with one attached hydrogen (secondary N) is 1. The highest BCUT2D eigenvalue weighted by atomic mass is 35.5. The van der Waals surface area contributed by atoms with Gasteiger partial charge in [0.1, 0.15) is 11.9 Å². The lowest BCUT2D eigenvalue weighted by Gasteiger charge is -2.41. The van der Waals surface area contributed by atoms with Crippen molar-refractivity contribution in [2.45, 2.75) is 25.4 Å². The Morgan fingerprint density at radius 1 is 1.18 bits per heavy atom. The third kappa shape index (κ3) is 2.87. The number of alkyl halides is 1. The van der Waals surface area contributed by atoms with Crippen molar-refractivity contribution in [2.75, 3.05) is 13.0 Å². The second-order valence-corrected chi connectivity index (χ2v) is 7.27. The summed E-state index contributed by atoms with van der Waals surface area (Å²) in [7, 11) is 1.35. The lowest BCUT2D eigenvalue weighted by atomic mass is 9.86. The second-order valence-electron chi connectivity index (χ2n) is 7.00. The van der Waals surface area contributed by atoms with Crippen LogP contribution in [0.3, 0.4) is 0 Å². The maximum absolute atomic E-state index is 12.9. The molecule has 5 nitrogen and oxygen atoms in total. The topological polar surface area (TPSA) is 62.4 Å². The van der Waals surface area contributed by atoms with Crippen LogP contribution in [-0.4, -0.2) is 40.8 Å². The standard InChI is InChI=1S/C22H21ClN2O3/c1-13-7-3-4-8-14(13)21-20-16(15-9-5-6-10-17(15)24-20)11-18(22(27)28-2)25(21)19(26)12-23/h3-10,18,21,24H,11-12H2,1-2H3/t18-,21?/m0/s1. The number of aryl methyl sites for hydroxylation is 1. The first-order chi connectivity index (χ1) is 13.6. The number of hydrogen-bond donors (Lipinski definition) is 1. The fourth-order valence-corrected chi connectivity index (χ4v) is 4.34. The van der Waals surface area contributed by atoms with E-state index in [-0.39, 0.29) is 11.8 Å². The molecular formula is C22H21ClN2O3. The van der Waals surface area contributed by atoms with Gasteiger partial charge in [-0.25, -0.2) is 4.79 Å². The Labute approximate surface area is 168 Å². The number of nitrogens with zero attached hydrogens (tertiary/aromatic N) is 1. The molecule has 6 heteroatoms. The average Bonchev–Trinajstić information content (AvgIpc) is 3.10. The summed E-state index contributed by atoms with van der Waals surface area (Å²) < 4.78 is 5.05. The molecule has 1 aliphatic heterocycles. The summed E-state index contributed by atoms with van der Waals surface area (Å²) in [5, 5.41) is 1.06. The molecule has 2 heterocycles. The molecule has 0 radical (unpaired) electrons. The van der Waals surface area contributed by atoms with Crippen LogP contribution in [-0.2, 0) is 20.7 Å². The second kappa shape index (κ2) is 7.32. The van der Waals surface area contributed by atoms with Crippen LogP contribution in [0.5, 0.6) is 0 Å². The van der Waals surface area contributed by atoms with Gasteiger partial charge in [-0.2, -0.15) is 0 Å². The summed E-state index contributed by atoms with van der Waals surface area (Å²) in [4.78, 5) is 30.6. The lowest BCUT2D eigenvalue weighted by Crippen LogP contribution is -2.52. The van der Waals surface area contributed by atoms with Crippen LogP contribution in [0, 0.1) is 6.92 Å². The van der Waals surface area contributed by atoms with Crippen LogP contribution in [0.4, 0.5) is 0 Å². The van der Waals surface area contributed by atoms with Crippen molar-refractivity contribution in [1.29, 1.82) is 0 Å². The van der Waals surface area contributed by atoms with Crippen LogP contribution in [0.25, 0.3) is 10.9 Å². The molecule has 1 amide bonds. The summed E-state index contributed by atoms with van der Waals surface area (Å²) in [5.74, 6) is -0.937. The number of H-pyrrole nitrogens is 1. The van der Waals surface area contributed by atoms with Crippen molar-refractivity contribution in [3.8, 4) is 0 Å². The van der Waals surface area contributed by atoms with Crippen LogP contribution in [0.15, 0.2) is 48.5 Å². The van der Waals surface area contributed by atoms with Gasteiger partial charge in [-0.05, 0) is 29.7 Å². The molecular weight excluding hydrogens is 376 g/mol. The number of methoxy groups -OCH3 is 1. The highest BCUT2D eigenvalue weighted by molar-refractivity contribution is 6.27. The minimum absolute atomic E-state index is 0.203. The third-order valence-corrected chi connectivity index (χ3v) is 5.72. The smallest absolute Gasteiger partial charge is 0.328 e. The van der Waals surface area contributed by atoms with Crippen LogP contribution in [0.1, 0.15) is 28.4 Å². The zero-order valence-electron chi connectivity index (χ0n) is 15.7. The predicted molar refractivity (Wildman–Crippen MR) is 108 cm³/mol. The van der Waals surface area contributed by atoms with Gasteiger partial charge in [0, 0.05) is 23.0 Å². The minimum atomic E-state index is -0.729. The molecule has 144 valence electrons. The number of carbonyl (C=O) groups is 2. The van der Waals surface area contributed by atoms with Gasteiger partial charge < -0.3 is 14.6 Å². The first-order valence-electron chi connectivity index (χ1n) is 9.16. The van der Waals surface area contributed by atoms with E-state index in [0.29, 0.717) is 6.42 Å². The summed E-state index contributed by atoms with van der Waals surface area (Å²) in [6, 6.07) is 14.7. The summed E-state index contributed by atoms with van der Waals surface area (Å²) in [6.07, 6.45) is 0.386. The molecule has 1 aliphatic rings. The predicted octanol–water partition coefficient (Wildman–Crippen LogP) is 3.73. The van der Waals surface area contributed by atoms with Gasteiger partial charge in [-0.15, -0.1) is 11.6 Å². The Morgan fingerprint density at radius 2 is 1.89 bits per heavy atom. The average molecular weight is 397 g/mol. The number of esters is 1. The Kier molecular flexibility index (Phi) is 4.85. The molecule has 0 bridgehead atoms. The quantitative estimate of drug-likeness (QED) is 0.542. The Hall–Kier alpha value is -2.79. The Balaban J connectivity index is 2.01. The zero-order chi connectivity index (χ0) is 19.8. The number of rotatable bonds is 3. The SMILES string of the molecule is COC(=O)[C@@H]1Cc2c([nH]c3ccccc23)C(c2ccccc2C)N1C(=O)CCl. The lowest BCUT2D eigenvalue weighted by molar-refractivity contribution is -0.154. The molecule has 2 aromatic carbocycles. The summed E-state index contributed by atoms with van der Waals surface area (Å²) in [5.41, 5.74) is 4.94. The molecule has 28 heavy (non-hydrogen) atoms. The number of aromatic amines is 1. The number of ether oxygens (including phenoxy) is 1. The molecule has 0 spiro atoms. The highest BCUT2D eigenvalue weighted by Crippen LogP contribution is 2.42. The van der Waals surface area contributed by atoms with E-state index in [1.54, 1.807) is 4.90 Å². The number of carbonyl (C=O) groups excluding carboxylic acids is 2. The summed E-state index contributed by atoms with van der Waals surface area (Å²) >= 11 is 5.94. The van der Waals surface area contributed by atoms with Gasteiger partial charge >= 0.3 is 5.97 Å². The van der Waals surface area contributed by atoms with E-state index in [1.807, 2.05) is 55.5 Å². The largest absolute Gasteiger partial charge is 0.467 e. The van der Waals surface area contributed by atoms with Crippen molar-refractivity contribution >= 4 is 34.4 Å². The fraction of sp³-hybridized carbons (Fsp3) is 0.273. The van der Waals surface area contributed by atoms with E-state index in [2.05, 4.69) is 4.98 Å². The summed E-state index contributed by atoms with van der Waals surface area (Å²) in [6.45, 7) is 2.00. The molecule has 0 aliphatic carbocycles. The third-order valence-electron chi connectivity index (χ3n) is 5.49. The first kappa shape index (κ1) is 18.6. The van der Waals surface area contributed by atoms with Crippen molar-refractivity contribution in [3.05, 3.63) is 70.9 Å². The van der Waals surface area contributed by atoms with Crippen molar-refractivity contribution in [2.24, 2.45) is 0 Å². The van der Waals surface area contributed by atoms with E-state index < -0.39 is 18.1 Å². The number of benzene rings is 2. The number of hydrogen-bond acceptors (Lipinski definition) is 3. The number of aromatic nitrogens is 1. The molecule has 1 aromatic heterocycles. The Morgan fingerprint density at radius 3 is 2.61 bits per heavy atom. The van der Waals surface area contributed by atoms with Gasteiger partial charge in [0.15, 0.2) is 0 Å². The molecule has 0 saturated carbocycles. The number of halogens is 1. The van der Waals surface area contributed by atoms with Crippen molar-refractivity contribution in [3.63, 3.8) is 0 Å². The molecule has 1 N–H and O–H groups in total. The fourth-order valence-electron chi connectivity index (χ4n) is 4.20. The zero-order valence-corrected chi connectivity index (χ0v) is 16.5. The van der Waals surface area contributed by atoms with Crippen molar-refractivity contribution < 1.29 is 14.3 Å². The Bertz CT molecular complexity index is 1060. The minimum Gasteiger partial charge on any atom is -0.467 e.